The van der Waals surface area contributed by atoms with Crippen molar-refractivity contribution < 1.29 is 26.3 Å². The van der Waals surface area contributed by atoms with E-state index in [1.165, 1.54) is 60.7 Å². The maximum atomic E-state index is 15.2. The smallest absolute Gasteiger partial charge is 0.398 e. The number of nitrogen functional groups attached to an aromatic ring is 2. The van der Waals surface area contributed by atoms with E-state index in [0.29, 0.717) is 11.1 Å². The number of rotatable bonds is 4. The highest BCUT2D eigenvalue weighted by Crippen LogP contribution is 2.59. The lowest BCUT2D eigenvalue weighted by Crippen LogP contribution is -2.55. The van der Waals surface area contributed by atoms with Crippen molar-refractivity contribution in [2.24, 2.45) is 0 Å². The van der Waals surface area contributed by atoms with Gasteiger partial charge in [-0.05, 0) is 70.5 Å². The summed E-state index contributed by atoms with van der Waals surface area (Å²) in [4.78, 5) is 0. The van der Waals surface area contributed by atoms with Crippen LogP contribution in [0.25, 0.3) is 22.3 Å². The molecule has 4 aromatic rings. The van der Waals surface area contributed by atoms with Crippen molar-refractivity contribution in [1.29, 1.82) is 0 Å². The molecule has 0 aromatic heterocycles. The van der Waals surface area contributed by atoms with E-state index in [2.05, 4.69) is 0 Å². The average molecular weight is 515 g/mol. The highest BCUT2D eigenvalue weighted by atomic mass is 19.4. The van der Waals surface area contributed by atoms with Crippen LogP contribution in [0.2, 0.25) is 0 Å². The third-order valence-corrected chi connectivity index (χ3v) is 6.69. The van der Waals surface area contributed by atoms with E-state index < -0.39 is 28.9 Å². The number of alkyl halides is 6. The maximum Gasteiger partial charge on any atom is 0.411 e. The van der Waals surface area contributed by atoms with Gasteiger partial charge in [-0.2, -0.15) is 26.3 Å². The highest BCUT2D eigenvalue weighted by Gasteiger charge is 2.73. The molecule has 2 nitrogen and oxygen atoms in total. The Kier molecular flexibility index (Phi) is 6.48. The van der Waals surface area contributed by atoms with Gasteiger partial charge >= 0.3 is 12.4 Å². The first kappa shape index (κ1) is 26.1. The molecule has 37 heavy (non-hydrogen) atoms. The van der Waals surface area contributed by atoms with Crippen LogP contribution >= 0.6 is 0 Å². The van der Waals surface area contributed by atoms with Crippen LogP contribution < -0.4 is 11.5 Å². The fraction of sp³-hybridized carbons (Fsp3) is 0.172. The molecule has 0 fully saturated rings. The number of benzene rings is 4. The predicted molar refractivity (Wildman–Crippen MR) is 135 cm³/mol. The van der Waals surface area contributed by atoms with Gasteiger partial charge in [-0.15, -0.1) is 0 Å². The molecule has 0 aliphatic carbocycles. The number of hydrogen-bond donors (Lipinski definition) is 2. The van der Waals surface area contributed by atoms with Crippen molar-refractivity contribution in [3.63, 3.8) is 0 Å². The van der Waals surface area contributed by atoms with Crippen LogP contribution in [0.5, 0.6) is 0 Å². The minimum atomic E-state index is -5.76. The number of halogens is 6. The molecule has 4 N–H and O–H groups in total. The number of aryl methyl sites for hydroxylation is 2. The Morgan fingerprint density at radius 1 is 0.514 bits per heavy atom. The molecule has 0 radical (unpaired) electrons. The lowest BCUT2D eigenvalue weighted by Gasteiger charge is -2.40. The SMILES string of the molecule is Cc1ccc(-c2ccccc2C(c2ccccc2-c2ccc(C)c(N)c2)(C(F)(F)F)C(F)(F)F)cc1N. The van der Waals surface area contributed by atoms with Gasteiger partial charge in [0.25, 0.3) is 0 Å². The van der Waals surface area contributed by atoms with Crippen LogP contribution in [0.4, 0.5) is 37.7 Å². The normalized spacial score (nSPS) is 12.5. The fourth-order valence-electron chi connectivity index (χ4n) is 4.66. The van der Waals surface area contributed by atoms with Crippen LogP contribution in [0.1, 0.15) is 22.3 Å². The van der Waals surface area contributed by atoms with Gasteiger partial charge in [0, 0.05) is 11.4 Å². The molecule has 0 atom stereocenters. The maximum absolute atomic E-state index is 15.2. The molecule has 0 amide bonds. The van der Waals surface area contributed by atoms with Crippen LogP contribution in [0, 0.1) is 13.8 Å². The molecule has 0 heterocycles. The summed E-state index contributed by atoms with van der Waals surface area (Å²) in [5.74, 6) is 0. The van der Waals surface area contributed by atoms with Crippen LogP contribution in [0.3, 0.4) is 0 Å². The first-order chi connectivity index (χ1) is 17.3. The first-order valence-electron chi connectivity index (χ1n) is 11.3. The zero-order valence-corrected chi connectivity index (χ0v) is 20.0. The Morgan fingerprint density at radius 3 is 1.19 bits per heavy atom. The standard InChI is InChI=1S/C29H24F6N2/c1-17-11-13-19(15-25(17)36)21-7-3-5-9-23(21)27(28(30,31)32,29(33,34)35)24-10-6-4-8-22(24)20-14-12-18(2)26(37)16-20/h3-16H,36-37H2,1-2H3. The Morgan fingerprint density at radius 2 is 0.865 bits per heavy atom. The molecule has 192 valence electrons. The van der Waals surface area contributed by atoms with Gasteiger partial charge in [0.05, 0.1) is 0 Å². The summed E-state index contributed by atoms with van der Waals surface area (Å²) in [6.45, 7) is 3.40. The molecule has 0 aliphatic heterocycles. The van der Waals surface area contributed by atoms with Crippen molar-refractivity contribution in [3.05, 3.63) is 107 Å². The van der Waals surface area contributed by atoms with Crippen molar-refractivity contribution in [1.82, 2.24) is 0 Å². The molecule has 0 saturated heterocycles. The topological polar surface area (TPSA) is 52.0 Å². The summed E-state index contributed by atoms with van der Waals surface area (Å²) in [7, 11) is 0. The van der Waals surface area contributed by atoms with Gasteiger partial charge in [-0.25, -0.2) is 0 Å². The average Bonchev–Trinajstić information content (AvgIpc) is 2.82. The zero-order chi connectivity index (χ0) is 27.2. The zero-order valence-electron chi connectivity index (χ0n) is 20.0. The monoisotopic (exact) mass is 514 g/mol. The van der Waals surface area contributed by atoms with E-state index in [1.54, 1.807) is 26.0 Å². The molecule has 0 spiro atoms. The Labute approximate surface area is 210 Å². The van der Waals surface area contributed by atoms with Gasteiger partial charge in [0.1, 0.15) is 0 Å². The molecule has 0 bridgehead atoms. The Bertz CT molecular complexity index is 1340. The molecule has 0 saturated carbocycles. The van der Waals surface area contributed by atoms with Gasteiger partial charge in [0.15, 0.2) is 0 Å². The van der Waals surface area contributed by atoms with E-state index in [9.17, 15) is 0 Å². The summed E-state index contributed by atoms with van der Waals surface area (Å²) in [6, 6.07) is 18.2. The van der Waals surface area contributed by atoms with E-state index in [-0.39, 0.29) is 33.6 Å². The van der Waals surface area contributed by atoms with E-state index in [0.717, 1.165) is 12.1 Å². The molecule has 4 rings (SSSR count). The van der Waals surface area contributed by atoms with E-state index in [1.807, 2.05) is 0 Å². The number of nitrogens with two attached hydrogens (primary N) is 2. The van der Waals surface area contributed by atoms with E-state index >= 15 is 26.3 Å². The third-order valence-electron chi connectivity index (χ3n) is 6.69. The molecule has 4 aromatic carbocycles. The van der Waals surface area contributed by atoms with E-state index in [4.69, 9.17) is 11.5 Å². The minimum absolute atomic E-state index is 0.147. The molecular weight excluding hydrogens is 490 g/mol. The molecule has 0 unspecified atom stereocenters. The summed E-state index contributed by atoms with van der Waals surface area (Å²) in [5, 5.41) is 0. The van der Waals surface area contributed by atoms with Crippen molar-refractivity contribution in [2.75, 3.05) is 11.5 Å². The lowest BCUT2D eigenvalue weighted by molar-refractivity contribution is -0.288. The van der Waals surface area contributed by atoms with Crippen LogP contribution in [-0.4, -0.2) is 12.4 Å². The predicted octanol–water partition coefficient (Wildman–Crippen LogP) is 8.21. The van der Waals surface area contributed by atoms with Gasteiger partial charge < -0.3 is 11.5 Å². The van der Waals surface area contributed by atoms with Crippen LogP contribution in [0.15, 0.2) is 84.9 Å². The summed E-state index contributed by atoms with van der Waals surface area (Å²) in [6.07, 6.45) is -11.5. The second kappa shape index (κ2) is 9.18. The number of hydrogen-bond acceptors (Lipinski definition) is 2. The second-order valence-corrected chi connectivity index (χ2v) is 8.98. The first-order valence-corrected chi connectivity index (χ1v) is 11.3. The highest BCUT2D eigenvalue weighted by molar-refractivity contribution is 5.78. The fourth-order valence-corrected chi connectivity index (χ4v) is 4.66. The van der Waals surface area contributed by atoms with Crippen LogP contribution in [-0.2, 0) is 5.41 Å². The van der Waals surface area contributed by atoms with Crippen molar-refractivity contribution >= 4 is 11.4 Å². The van der Waals surface area contributed by atoms with Gasteiger partial charge in [-0.1, -0.05) is 72.8 Å². The summed E-state index contributed by atoms with van der Waals surface area (Å²) >= 11 is 0. The molecule has 0 aliphatic rings. The third kappa shape index (κ3) is 4.30. The van der Waals surface area contributed by atoms with Gasteiger partial charge in [-0.3, -0.25) is 0 Å². The largest absolute Gasteiger partial charge is 0.411 e. The minimum Gasteiger partial charge on any atom is -0.398 e. The summed E-state index contributed by atoms with van der Waals surface area (Å²) in [5.41, 5.74) is 7.38. The second-order valence-electron chi connectivity index (χ2n) is 8.98. The quantitative estimate of drug-likeness (QED) is 0.213. The van der Waals surface area contributed by atoms with Crippen molar-refractivity contribution in [3.8, 4) is 22.3 Å². The Balaban J connectivity index is 2.16. The molecule has 8 heteroatoms. The molecular formula is C29H24F6N2. The lowest BCUT2D eigenvalue weighted by atomic mass is 9.68. The van der Waals surface area contributed by atoms with Gasteiger partial charge in [0.2, 0.25) is 5.41 Å². The van der Waals surface area contributed by atoms with Crippen molar-refractivity contribution in [2.45, 2.75) is 31.6 Å². The summed E-state index contributed by atoms with van der Waals surface area (Å²) < 4.78 is 90.9. The Hall–Kier alpha value is -3.94. The number of anilines is 2.